The van der Waals surface area contributed by atoms with Crippen molar-refractivity contribution in [3.05, 3.63) is 0 Å². The molecule has 0 aromatic rings. The molecule has 4 N–H and O–H groups in total. The minimum Gasteiger partial charge on any atom is -0.391 e. The average Bonchev–Trinajstić information content (AvgIpc) is 1.64. The number of aliphatic hydroxyl groups is 1. The standard InChI is InChI=1S/C4H10N2O2S/c1-2(7)3(6-9)4(5)8/h2-3,6-7,9H,1H3,(H2,5,8)/t2-,3+/m1/s1. The highest BCUT2D eigenvalue weighted by Gasteiger charge is 2.18. The van der Waals surface area contributed by atoms with Crippen LogP contribution in [0.15, 0.2) is 0 Å². The Morgan fingerprint density at radius 3 is 2.33 bits per heavy atom. The molecule has 54 valence electrons. The Morgan fingerprint density at radius 2 is 2.33 bits per heavy atom. The molecule has 0 fully saturated rings. The lowest BCUT2D eigenvalue weighted by Crippen LogP contribution is -2.44. The molecule has 0 radical (unpaired) electrons. The summed E-state index contributed by atoms with van der Waals surface area (Å²) in [6.07, 6.45) is -0.806. The zero-order valence-electron chi connectivity index (χ0n) is 5.03. The number of nitrogens with one attached hydrogen (secondary N) is 1. The van der Waals surface area contributed by atoms with Crippen molar-refractivity contribution in [2.75, 3.05) is 0 Å². The monoisotopic (exact) mass is 150 g/mol. The van der Waals surface area contributed by atoms with Gasteiger partial charge in [-0.05, 0) is 6.92 Å². The Kier molecular flexibility index (Phi) is 3.60. The van der Waals surface area contributed by atoms with Gasteiger partial charge in [-0.1, -0.05) is 12.8 Å². The Hall–Kier alpha value is -0.260. The number of aliphatic hydroxyl groups excluding tert-OH is 1. The predicted octanol–water partition coefficient (Wildman–Crippen LogP) is -1.34. The minimum atomic E-state index is -0.806. The largest absolute Gasteiger partial charge is 0.391 e. The first-order valence-electron chi connectivity index (χ1n) is 2.46. The summed E-state index contributed by atoms with van der Waals surface area (Å²) in [6.45, 7) is 1.46. The van der Waals surface area contributed by atoms with Gasteiger partial charge < -0.3 is 10.8 Å². The van der Waals surface area contributed by atoms with Gasteiger partial charge in [0.15, 0.2) is 0 Å². The fraction of sp³-hybridized carbons (Fsp3) is 0.750. The van der Waals surface area contributed by atoms with Crippen molar-refractivity contribution in [2.45, 2.75) is 19.1 Å². The summed E-state index contributed by atoms with van der Waals surface area (Å²) < 4.78 is 2.27. The first kappa shape index (κ1) is 8.74. The Labute approximate surface area is 59.0 Å². The summed E-state index contributed by atoms with van der Waals surface area (Å²) in [7, 11) is 0. The first-order chi connectivity index (χ1) is 4.09. The smallest absolute Gasteiger partial charge is 0.238 e. The number of nitrogens with two attached hydrogens (primary N) is 1. The maximum Gasteiger partial charge on any atom is 0.238 e. The van der Waals surface area contributed by atoms with Gasteiger partial charge in [-0.2, -0.15) is 0 Å². The third-order valence-electron chi connectivity index (χ3n) is 0.928. The summed E-state index contributed by atoms with van der Waals surface area (Å²) in [4.78, 5) is 10.3. The van der Waals surface area contributed by atoms with E-state index >= 15 is 0 Å². The molecule has 0 aliphatic heterocycles. The molecule has 0 spiro atoms. The van der Waals surface area contributed by atoms with Crippen LogP contribution in [0.1, 0.15) is 6.92 Å². The number of primary amides is 1. The second kappa shape index (κ2) is 3.71. The number of amides is 1. The topological polar surface area (TPSA) is 75.3 Å². The SMILES string of the molecule is C[C@@H](O)[C@H](NS)C(N)=O. The molecule has 0 aliphatic carbocycles. The van der Waals surface area contributed by atoms with Crippen molar-refractivity contribution < 1.29 is 9.90 Å². The normalized spacial score (nSPS) is 16.8. The summed E-state index contributed by atoms with van der Waals surface area (Å²) >= 11 is 3.58. The highest BCUT2D eigenvalue weighted by molar-refractivity contribution is 7.78. The third-order valence-corrected chi connectivity index (χ3v) is 1.21. The highest BCUT2D eigenvalue weighted by atomic mass is 32.1. The number of rotatable bonds is 3. The van der Waals surface area contributed by atoms with Crippen molar-refractivity contribution in [3.8, 4) is 0 Å². The van der Waals surface area contributed by atoms with E-state index in [2.05, 4.69) is 17.5 Å². The van der Waals surface area contributed by atoms with Gasteiger partial charge >= 0.3 is 0 Å². The fourth-order valence-electron chi connectivity index (χ4n) is 0.409. The predicted molar refractivity (Wildman–Crippen MR) is 36.8 cm³/mol. The van der Waals surface area contributed by atoms with Gasteiger partial charge in [-0.3, -0.25) is 9.52 Å². The molecule has 0 aromatic heterocycles. The molecule has 1 amide bonds. The zero-order valence-corrected chi connectivity index (χ0v) is 5.93. The van der Waals surface area contributed by atoms with E-state index in [9.17, 15) is 4.79 Å². The van der Waals surface area contributed by atoms with E-state index in [0.29, 0.717) is 0 Å². The van der Waals surface area contributed by atoms with Gasteiger partial charge in [0.1, 0.15) is 6.04 Å². The van der Waals surface area contributed by atoms with Crippen molar-refractivity contribution in [3.63, 3.8) is 0 Å². The number of hydrogen-bond acceptors (Lipinski definition) is 4. The van der Waals surface area contributed by atoms with Gasteiger partial charge in [-0.15, -0.1) is 0 Å². The van der Waals surface area contributed by atoms with Crippen LogP contribution < -0.4 is 10.5 Å². The maximum atomic E-state index is 10.3. The van der Waals surface area contributed by atoms with E-state index in [1.54, 1.807) is 0 Å². The Balaban J connectivity index is 3.83. The molecule has 0 saturated heterocycles. The van der Waals surface area contributed by atoms with E-state index in [1.165, 1.54) is 6.92 Å². The number of carbonyl (C=O) groups is 1. The zero-order chi connectivity index (χ0) is 7.44. The molecule has 9 heavy (non-hydrogen) atoms. The second-order valence-electron chi connectivity index (χ2n) is 1.75. The third kappa shape index (κ3) is 2.69. The molecular formula is C4H10N2O2S. The summed E-state index contributed by atoms with van der Waals surface area (Å²) in [5, 5.41) is 8.77. The lowest BCUT2D eigenvalue weighted by molar-refractivity contribution is -0.121. The van der Waals surface area contributed by atoms with Crippen LogP contribution in [-0.2, 0) is 4.79 Å². The molecule has 0 rings (SSSR count). The van der Waals surface area contributed by atoms with Gasteiger partial charge in [0.25, 0.3) is 0 Å². The fourth-order valence-corrected chi connectivity index (χ4v) is 0.752. The summed E-state index contributed by atoms with van der Waals surface area (Å²) in [6, 6.07) is -0.770. The van der Waals surface area contributed by atoms with Crippen LogP contribution in [0.4, 0.5) is 0 Å². The summed E-state index contributed by atoms with van der Waals surface area (Å²) in [5.41, 5.74) is 4.84. The van der Waals surface area contributed by atoms with E-state index < -0.39 is 18.1 Å². The lowest BCUT2D eigenvalue weighted by atomic mass is 10.2. The lowest BCUT2D eigenvalue weighted by Gasteiger charge is -2.13. The van der Waals surface area contributed by atoms with E-state index in [0.717, 1.165) is 0 Å². The van der Waals surface area contributed by atoms with Crippen LogP contribution >= 0.6 is 12.8 Å². The molecule has 5 heteroatoms. The van der Waals surface area contributed by atoms with Crippen LogP contribution in [0.2, 0.25) is 0 Å². The average molecular weight is 150 g/mol. The molecule has 0 heterocycles. The van der Waals surface area contributed by atoms with Crippen LogP contribution in [0, 0.1) is 0 Å². The summed E-state index contributed by atoms with van der Waals surface area (Å²) in [5.74, 6) is -0.611. The van der Waals surface area contributed by atoms with Crippen LogP contribution in [0.25, 0.3) is 0 Å². The van der Waals surface area contributed by atoms with Crippen LogP contribution in [-0.4, -0.2) is 23.2 Å². The molecule has 0 saturated carbocycles. The molecule has 0 aromatic carbocycles. The van der Waals surface area contributed by atoms with Crippen LogP contribution in [0.3, 0.4) is 0 Å². The minimum absolute atomic E-state index is 0.611. The van der Waals surface area contributed by atoms with Gasteiger partial charge in [0.05, 0.1) is 6.10 Å². The van der Waals surface area contributed by atoms with Gasteiger partial charge in [0.2, 0.25) is 5.91 Å². The van der Waals surface area contributed by atoms with Gasteiger partial charge in [-0.25, -0.2) is 0 Å². The van der Waals surface area contributed by atoms with Gasteiger partial charge in [0, 0.05) is 0 Å². The van der Waals surface area contributed by atoms with Crippen molar-refractivity contribution in [1.82, 2.24) is 4.72 Å². The Bertz CT molecular complexity index is 107. The van der Waals surface area contributed by atoms with E-state index in [1.807, 2.05) is 0 Å². The molecule has 4 nitrogen and oxygen atoms in total. The van der Waals surface area contributed by atoms with E-state index in [4.69, 9.17) is 10.8 Å². The van der Waals surface area contributed by atoms with Crippen molar-refractivity contribution in [2.24, 2.45) is 5.73 Å². The highest BCUT2D eigenvalue weighted by Crippen LogP contribution is 1.90. The molecular weight excluding hydrogens is 140 g/mol. The van der Waals surface area contributed by atoms with Crippen molar-refractivity contribution in [1.29, 1.82) is 0 Å². The van der Waals surface area contributed by atoms with E-state index in [-0.39, 0.29) is 0 Å². The quantitative estimate of drug-likeness (QED) is 0.376. The number of carbonyl (C=O) groups excluding carboxylic acids is 1. The molecule has 0 aliphatic rings. The Morgan fingerprint density at radius 1 is 1.89 bits per heavy atom. The molecule has 0 bridgehead atoms. The number of hydrogen-bond donors (Lipinski definition) is 4. The maximum absolute atomic E-state index is 10.3. The first-order valence-corrected chi connectivity index (χ1v) is 2.91. The number of thiol groups is 1. The van der Waals surface area contributed by atoms with Crippen molar-refractivity contribution >= 4 is 18.7 Å². The second-order valence-corrected chi connectivity index (χ2v) is 2.01. The molecule has 2 atom stereocenters. The van der Waals surface area contributed by atoms with Crippen LogP contribution in [0.5, 0.6) is 0 Å². The molecule has 0 unspecified atom stereocenters.